The van der Waals surface area contributed by atoms with E-state index in [-0.39, 0.29) is 23.9 Å². The topological polar surface area (TPSA) is 81.5 Å². The zero-order valence-corrected chi connectivity index (χ0v) is 16.8. The van der Waals surface area contributed by atoms with Gasteiger partial charge in [-0.15, -0.1) is 0 Å². The molecule has 2 aromatic rings. The van der Waals surface area contributed by atoms with E-state index < -0.39 is 15.4 Å². The Morgan fingerprint density at radius 3 is 2.25 bits per heavy atom. The highest BCUT2D eigenvalue weighted by Crippen LogP contribution is 2.27. The summed E-state index contributed by atoms with van der Waals surface area (Å²) >= 11 is 0. The number of rotatable bonds is 4. The molecule has 1 amide bonds. The van der Waals surface area contributed by atoms with E-state index in [1.165, 1.54) is 16.4 Å². The monoisotopic (exact) mass is 397 g/mol. The van der Waals surface area contributed by atoms with Crippen molar-refractivity contribution in [1.82, 2.24) is 9.21 Å². The SMILES string of the molecule is CC(C)(C(=O)N1CCN(S(=O)(=O)c2cccc(C#N)c2)CC1)c1ccccc1. The van der Waals surface area contributed by atoms with Gasteiger partial charge in [0, 0.05) is 26.2 Å². The van der Waals surface area contributed by atoms with Crippen molar-refractivity contribution < 1.29 is 13.2 Å². The van der Waals surface area contributed by atoms with Crippen molar-refractivity contribution in [3.63, 3.8) is 0 Å². The van der Waals surface area contributed by atoms with E-state index in [1.54, 1.807) is 17.0 Å². The highest BCUT2D eigenvalue weighted by molar-refractivity contribution is 7.89. The number of sulfonamides is 1. The van der Waals surface area contributed by atoms with Crippen LogP contribution in [0.1, 0.15) is 25.0 Å². The van der Waals surface area contributed by atoms with Gasteiger partial charge in [0.2, 0.25) is 15.9 Å². The summed E-state index contributed by atoms with van der Waals surface area (Å²) in [6, 6.07) is 17.6. The second-order valence-corrected chi connectivity index (χ2v) is 9.26. The largest absolute Gasteiger partial charge is 0.339 e. The second kappa shape index (κ2) is 7.74. The van der Waals surface area contributed by atoms with E-state index in [0.29, 0.717) is 18.7 Å². The van der Waals surface area contributed by atoms with Gasteiger partial charge in [-0.1, -0.05) is 36.4 Å². The average molecular weight is 398 g/mol. The molecule has 0 unspecified atom stereocenters. The molecule has 0 aromatic heterocycles. The van der Waals surface area contributed by atoms with E-state index in [9.17, 15) is 13.2 Å². The average Bonchev–Trinajstić information content (AvgIpc) is 2.74. The predicted molar refractivity (Wildman–Crippen MR) is 106 cm³/mol. The maximum atomic E-state index is 13.1. The Morgan fingerprint density at radius 2 is 1.64 bits per heavy atom. The van der Waals surface area contributed by atoms with Gasteiger partial charge in [0.25, 0.3) is 0 Å². The highest BCUT2D eigenvalue weighted by Gasteiger charge is 2.37. The lowest BCUT2D eigenvalue weighted by molar-refractivity contribution is -0.137. The number of nitrogens with zero attached hydrogens (tertiary/aromatic N) is 3. The quantitative estimate of drug-likeness (QED) is 0.793. The third-order valence-electron chi connectivity index (χ3n) is 5.16. The highest BCUT2D eigenvalue weighted by atomic mass is 32.2. The zero-order valence-electron chi connectivity index (χ0n) is 16.0. The molecule has 28 heavy (non-hydrogen) atoms. The molecule has 0 spiro atoms. The molecule has 1 aliphatic rings. The van der Waals surface area contributed by atoms with Crippen LogP contribution in [0.15, 0.2) is 59.5 Å². The van der Waals surface area contributed by atoms with E-state index in [1.807, 2.05) is 50.2 Å². The number of benzene rings is 2. The minimum Gasteiger partial charge on any atom is -0.339 e. The van der Waals surface area contributed by atoms with Crippen molar-refractivity contribution in [2.24, 2.45) is 0 Å². The summed E-state index contributed by atoms with van der Waals surface area (Å²) in [5.41, 5.74) is 0.562. The van der Waals surface area contributed by atoms with Gasteiger partial charge in [-0.25, -0.2) is 8.42 Å². The summed E-state index contributed by atoms with van der Waals surface area (Å²) < 4.78 is 27.1. The molecule has 0 radical (unpaired) electrons. The summed E-state index contributed by atoms with van der Waals surface area (Å²) in [6.45, 7) is 4.92. The summed E-state index contributed by atoms with van der Waals surface area (Å²) in [6.07, 6.45) is 0. The van der Waals surface area contributed by atoms with Crippen molar-refractivity contribution in [3.8, 4) is 6.07 Å². The van der Waals surface area contributed by atoms with Crippen LogP contribution < -0.4 is 0 Å². The maximum absolute atomic E-state index is 13.1. The lowest BCUT2D eigenvalue weighted by Crippen LogP contribution is -2.54. The molecule has 0 aliphatic carbocycles. The number of hydrogen-bond acceptors (Lipinski definition) is 4. The van der Waals surface area contributed by atoms with Gasteiger partial charge in [-0.3, -0.25) is 4.79 Å². The number of hydrogen-bond donors (Lipinski definition) is 0. The fourth-order valence-electron chi connectivity index (χ4n) is 3.38. The van der Waals surface area contributed by atoms with Crippen LogP contribution >= 0.6 is 0 Å². The molecule has 1 fully saturated rings. The molecule has 1 aliphatic heterocycles. The van der Waals surface area contributed by atoms with E-state index in [4.69, 9.17) is 5.26 Å². The zero-order chi connectivity index (χ0) is 20.4. The standard InChI is InChI=1S/C21H23N3O3S/c1-21(2,18-8-4-3-5-9-18)20(25)23-11-13-24(14-12-23)28(26,27)19-10-6-7-17(15-19)16-22/h3-10,15H,11-14H2,1-2H3. The number of amides is 1. The summed E-state index contributed by atoms with van der Waals surface area (Å²) in [4.78, 5) is 14.9. The molecule has 0 atom stereocenters. The summed E-state index contributed by atoms with van der Waals surface area (Å²) in [5.74, 6) is -0.0118. The van der Waals surface area contributed by atoms with E-state index in [2.05, 4.69) is 0 Å². The molecular weight excluding hydrogens is 374 g/mol. The van der Waals surface area contributed by atoms with Crippen LogP contribution in [0.2, 0.25) is 0 Å². The number of nitriles is 1. The lowest BCUT2D eigenvalue weighted by Gasteiger charge is -2.38. The van der Waals surface area contributed by atoms with Crippen molar-refractivity contribution in [1.29, 1.82) is 5.26 Å². The number of carbonyl (C=O) groups is 1. The smallest absolute Gasteiger partial charge is 0.243 e. The third-order valence-corrected chi connectivity index (χ3v) is 7.05. The van der Waals surface area contributed by atoms with Gasteiger partial charge >= 0.3 is 0 Å². The maximum Gasteiger partial charge on any atom is 0.243 e. The van der Waals surface area contributed by atoms with Crippen LogP contribution in [-0.4, -0.2) is 49.7 Å². The Kier molecular flexibility index (Phi) is 5.54. The Labute approximate surface area is 166 Å². The van der Waals surface area contributed by atoms with Crippen LogP contribution in [0.3, 0.4) is 0 Å². The second-order valence-electron chi connectivity index (χ2n) is 7.33. The van der Waals surface area contributed by atoms with Gasteiger partial charge < -0.3 is 4.90 Å². The van der Waals surface area contributed by atoms with Crippen molar-refractivity contribution in [3.05, 3.63) is 65.7 Å². The van der Waals surface area contributed by atoms with E-state index >= 15 is 0 Å². The number of carbonyl (C=O) groups excluding carboxylic acids is 1. The van der Waals surface area contributed by atoms with Crippen LogP contribution in [0.25, 0.3) is 0 Å². The summed E-state index contributed by atoms with van der Waals surface area (Å²) in [5, 5.41) is 9.00. The molecule has 146 valence electrons. The third kappa shape index (κ3) is 3.79. The van der Waals surface area contributed by atoms with Gasteiger partial charge in [-0.2, -0.15) is 9.57 Å². The molecule has 2 aromatic carbocycles. The number of piperazine rings is 1. The molecule has 6 nitrogen and oxygen atoms in total. The first kappa shape index (κ1) is 20.1. The Hall–Kier alpha value is -2.69. The van der Waals surface area contributed by atoms with Gasteiger partial charge in [0.05, 0.1) is 21.9 Å². The molecule has 0 N–H and O–H groups in total. The van der Waals surface area contributed by atoms with Crippen LogP contribution in [-0.2, 0) is 20.2 Å². The molecular formula is C21H23N3O3S. The van der Waals surface area contributed by atoms with Gasteiger partial charge in [0.15, 0.2) is 0 Å². The summed E-state index contributed by atoms with van der Waals surface area (Å²) in [7, 11) is -3.69. The van der Waals surface area contributed by atoms with Crippen molar-refractivity contribution in [2.45, 2.75) is 24.2 Å². The predicted octanol–water partition coefficient (Wildman–Crippen LogP) is 2.37. The fraction of sp³-hybridized carbons (Fsp3) is 0.333. The Balaban J connectivity index is 1.72. The first-order valence-corrected chi connectivity index (χ1v) is 10.6. The first-order chi connectivity index (χ1) is 13.3. The van der Waals surface area contributed by atoms with Crippen molar-refractivity contribution in [2.75, 3.05) is 26.2 Å². The first-order valence-electron chi connectivity index (χ1n) is 9.12. The molecule has 3 rings (SSSR count). The fourth-order valence-corrected chi connectivity index (χ4v) is 4.85. The van der Waals surface area contributed by atoms with Crippen LogP contribution in [0.5, 0.6) is 0 Å². The minimum atomic E-state index is -3.69. The van der Waals surface area contributed by atoms with Crippen LogP contribution in [0.4, 0.5) is 0 Å². The molecule has 0 saturated carbocycles. The lowest BCUT2D eigenvalue weighted by atomic mass is 9.83. The molecule has 7 heteroatoms. The Bertz CT molecular complexity index is 1000. The Morgan fingerprint density at radius 1 is 1.00 bits per heavy atom. The molecule has 1 heterocycles. The molecule has 0 bridgehead atoms. The van der Waals surface area contributed by atoms with E-state index in [0.717, 1.165) is 5.56 Å². The van der Waals surface area contributed by atoms with Crippen LogP contribution in [0, 0.1) is 11.3 Å². The van der Waals surface area contributed by atoms with Gasteiger partial charge in [-0.05, 0) is 37.6 Å². The minimum absolute atomic E-state index is 0.0118. The van der Waals surface area contributed by atoms with Gasteiger partial charge in [0.1, 0.15) is 0 Å². The van der Waals surface area contributed by atoms with Crippen molar-refractivity contribution >= 4 is 15.9 Å². The normalized spacial score (nSPS) is 15.8. The molecule has 1 saturated heterocycles.